The van der Waals surface area contributed by atoms with Crippen molar-refractivity contribution in [1.82, 2.24) is 15.0 Å². The number of esters is 1. The minimum Gasteiger partial charge on any atom is -0.497 e. The summed E-state index contributed by atoms with van der Waals surface area (Å²) in [4.78, 5) is 22.5. The number of carbonyl (C=O) groups excluding carboxylic acids is 2. The van der Waals surface area contributed by atoms with Crippen molar-refractivity contribution in [2.24, 2.45) is 0 Å². The number of hydrogen-bond donors (Lipinski definition) is 0. The van der Waals surface area contributed by atoms with Gasteiger partial charge in [-0.15, -0.1) is 5.10 Å². The SMILES string of the molecule is COC(=O)c1nnn(Cc2ccc(OC)cc2)c1C=O. The summed E-state index contributed by atoms with van der Waals surface area (Å²) in [7, 11) is 2.80. The van der Waals surface area contributed by atoms with Gasteiger partial charge >= 0.3 is 5.97 Å². The van der Waals surface area contributed by atoms with E-state index < -0.39 is 5.97 Å². The lowest BCUT2D eigenvalue weighted by Gasteiger charge is -2.04. The molecule has 1 heterocycles. The molecule has 7 heteroatoms. The van der Waals surface area contributed by atoms with Gasteiger partial charge in [-0.25, -0.2) is 9.48 Å². The highest BCUT2D eigenvalue weighted by molar-refractivity contribution is 5.95. The molecular formula is C13H13N3O4. The number of carbonyl (C=O) groups is 2. The van der Waals surface area contributed by atoms with Crippen LogP contribution in [-0.2, 0) is 11.3 Å². The summed E-state index contributed by atoms with van der Waals surface area (Å²) in [6.07, 6.45) is 0.537. The Hall–Kier alpha value is -2.70. The minimum absolute atomic E-state index is 0.0870. The van der Waals surface area contributed by atoms with E-state index in [-0.39, 0.29) is 11.4 Å². The Morgan fingerprint density at radius 1 is 1.30 bits per heavy atom. The van der Waals surface area contributed by atoms with Crippen LogP contribution < -0.4 is 4.74 Å². The van der Waals surface area contributed by atoms with Gasteiger partial charge in [0.05, 0.1) is 20.8 Å². The van der Waals surface area contributed by atoms with Crippen molar-refractivity contribution in [2.45, 2.75) is 6.54 Å². The summed E-state index contributed by atoms with van der Waals surface area (Å²) >= 11 is 0. The Labute approximate surface area is 115 Å². The second kappa shape index (κ2) is 5.96. The molecule has 0 fully saturated rings. The van der Waals surface area contributed by atoms with Crippen LogP contribution >= 0.6 is 0 Å². The first-order valence-corrected chi connectivity index (χ1v) is 5.79. The molecule has 2 rings (SSSR count). The zero-order valence-corrected chi connectivity index (χ0v) is 11.1. The van der Waals surface area contributed by atoms with E-state index in [1.54, 1.807) is 19.2 Å². The number of ether oxygens (including phenoxy) is 2. The molecular weight excluding hydrogens is 262 g/mol. The lowest BCUT2D eigenvalue weighted by Crippen LogP contribution is -2.09. The van der Waals surface area contributed by atoms with E-state index in [1.165, 1.54) is 11.8 Å². The molecule has 0 amide bonds. The van der Waals surface area contributed by atoms with Crippen molar-refractivity contribution >= 4 is 12.3 Å². The molecule has 0 spiro atoms. The highest BCUT2D eigenvalue weighted by atomic mass is 16.5. The first-order chi connectivity index (χ1) is 9.69. The molecule has 2 aromatic rings. The van der Waals surface area contributed by atoms with Crippen molar-refractivity contribution in [3.05, 3.63) is 41.2 Å². The molecule has 20 heavy (non-hydrogen) atoms. The number of hydrogen-bond acceptors (Lipinski definition) is 6. The van der Waals surface area contributed by atoms with Gasteiger partial charge in [0, 0.05) is 0 Å². The van der Waals surface area contributed by atoms with E-state index in [0.717, 1.165) is 11.3 Å². The van der Waals surface area contributed by atoms with Gasteiger partial charge in [0.25, 0.3) is 0 Å². The van der Waals surface area contributed by atoms with Crippen molar-refractivity contribution in [1.29, 1.82) is 0 Å². The van der Waals surface area contributed by atoms with Gasteiger partial charge in [-0.3, -0.25) is 4.79 Å². The Balaban J connectivity index is 2.26. The summed E-state index contributed by atoms with van der Waals surface area (Å²) < 4.78 is 11.0. The first kappa shape index (κ1) is 13.7. The smallest absolute Gasteiger partial charge is 0.361 e. The molecule has 0 bridgehead atoms. The number of aldehydes is 1. The third-order valence-electron chi connectivity index (χ3n) is 2.76. The fraction of sp³-hybridized carbons (Fsp3) is 0.231. The third-order valence-corrected chi connectivity index (χ3v) is 2.76. The van der Waals surface area contributed by atoms with Crippen molar-refractivity contribution in [3.63, 3.8) is 0 Å². The van der Waals surface area contributed by atoms with Crippen molar-refractivity contribution in [3.8, 4) is 5.75 Å². The van der Waals surface area contributed by atoms with Gasteiger partial charge < -0.3 is 9.47 Å². The van der Waals surface area contributed by atoms with Gasteiger partial charge in [-0.1, -0.05) is 17.3 Å². The number of methoxy groups -OCH3 is 2. The molecule has 0 N–H and O–H groups in total. The van der Waals surface area contributed by atoms with Crippen molar-refractivity contribution < 1.29 is 19.1 Å². The van der Waals surface area contributed by atoms with E-state index >= 15 is 0 Å². The summed E-state index contributed by atoms with van der Waals surface area (Å²) in [6.45, 7) is 0.321. The molecule has 0 aliphatic rings. The summed E-state index contributed by atoms with van der Waals surface area (Å²) in [5.74, 6) is 0.0475. The van der Waals surface area contributed by atoms with Crippen LogP contribution in [0.2, 0.25) is 0 Å². The second-order valence-electron chi connectivity index (χ2n) is 3.94. The largest absolute Gasteiger partial charge is 0.497 e. The Kier molecular flexibility index (Phi) is 4.09. The maximum atomic E-state index is 11.4. The predicted molar refractivity (Wildman–Crippen MR) is 68.8 cm³/mol. The monoisotopic (exact) mass is 275 g/mol. The van der Waals surface area contributed by atoms with Gasteiger partial charge in [0.2, 0.25) is 5.69 Å². The Morgan fingerprint density at radius 3 is 2.55 bits per heavy atom. The summed E-state index contributed by atoms with van der Waals surface area (Å²) in [6, 6.07) is 7.28. The zero-order chi connectivity index (χ0) is 14.5. The normalized spacial score (nSPS) is 10.1. The van der Waals surface area contributed by atoms with E-state index in [2.05, 4.69) is 15.0 Å². The number of rotatable bonds is 5. The fourth-order valence-corrected chi connectivity index (χ4v) is 1.70. The minimum atomic E-state index is -0.687. The Bertz CT molecular complexity index is 619. The number of aromatic nitrogens is 3. The van der Waals surface area contributed by atoms with Crippen LogP contribution in [0, 0.1) is 0 Å². The van der Waals surface area contributed by atoms with Gasteiger partial charge in [0.15, 0.2) is 6.29 Å². The lowest BCUT2D eigenvalue weighted by molar-refractivity contribution is 0.0591. The van der Waals surface area contributed by atoms with Gasteiger partial charge in [-0.2, -0.15) is 0 Å². The highest BCUT2D eigenvalue weighted by Crippen LogP contribution is 2.13. The highest BCUT2D eigenvalue weighted by Gasteiger charge is 2.19. The van der Waals surface area contributed by atoms with Crippen LogP contribution in [-0.4, -0.2) is 41.5 Å². The average molecular weight is 275 g/mol. The molecule has 0 saturated heterocycles. The molecule has 0 atom stereocenters. The van der Waals surface area contributed by atoms with Crippen LogP contribution in [0.1, 0.15) is 26.5 Å². The first-order valence-electron chi connectivity index (χ1n) is 5.79. The molecule has 0 radical (unpaired) electrons. The fourth-order valence-electron chi connectivity index (χ4n) is 1.70. The molecule has 7 nitrogen and oxygen atoms in total. The van der Waals surface area contributed by atoms with Gasteiger partial charge in [0.1, 0.15) is 11.4 Å². The van der Waals surface area contributed by atoms with Crippen LogP contribution in [0.25, 0.3) is 0 Å². The molecule has 104 valence electrons. The maximum Gasteiger partial charge on any atom is 0.361 e. The van der Waals surface area contributed by atoms with E-state index in [1.807, 2.05) is 12.1 Å². The predicted octanol–water partition coefficient (Wildman–Crippen LogP) is 0.934. The third kappa shape index (κ3) is 2.66. The quantitative estimate of drug-likeness (QED) is 0.596. The number of nitrogens with zero attached hydrogens (tertiary/aromatic N) is 3. The van der Waals surface area contributed by atoms with Gasteiger partial charge in [-0.05, 0) is 17.7 Å². The van der Waals surface area contributed by atoms with Crippen LogP contribution in [0.4, 0.5) is 0 Å². The maximum absolute atomic E-state index is 11.4. The van der Waals surface area contributed by atoms with Crippen LogP contribution in [0.5, 0.6) is 5.75 Å². The van der Waals surface area contributed by atoms with E-state index in [0.29, 0.717) is 12.8 Å². The summed E-state index contributed by atoms with van der Waals surface area (Å²) in [5, 5.41) is 7.47. The molecule has 0 unspecified atom stereocenters. The zero-order valence-electron chi connectivity index (χ0n) is 11.1. The average Bonchev–Trinajstić information content (AvgIpc) is 2.89. The molecule has 0 aliphatic heterocycles. The second-order valence-corrected chi connectivity index (χ2v) is 3.94. The molecule has 0 saturated carbocycles. The number of benzene rings is 1. The van der Waals surface area contributed by atoms with Crippen LogP contribution in [0.3, 0.4) is 0 Å². The standard InChI is InChI=1S/C13H13N3O4/c1-19-10-5-3-9(4-6-10)7-16-11(8-17)12(14-15-16)13(18)20-2/h3-6,8H,7H2,1-2H3. The van der Waals surface area contributed by atoms with Crippen LogP contribution in [0.15, 0.2) is 24.3 Å². The molecule has 0 aliphatic carbocycles. The van der Waals surface area contributed by atoms with E-state index in [9.17, 15) is 9.59 Å². The van der Waals surface area contributed by atoms with Crippen molar-refractivity contribution in [2.75, 3.05) is 14.2 Å². The van der Waals surface area contributed by atoms with E-state index in [4.69, 9.17) is 4.74 Å². The molecule has 1 aromatic carbocycles. The Morgan fingerprint density at radius 2 is 2.00 bits per heavy atom. The lowest BCUT2D eigenvalue weighted by atomic mass is 10.2. The topological polar surface area (TPSA) is 83.3 Å². The molecule has 1 aromatic heterocycles. The summed E-state index contributed by atoms with van der Waals surface area (Å²) in [5.41, 5.74) is 0.902.